The molecule has 1 aromatic carbocycles. The first-order valence-corrected chi connectivity index (χ1v) is 9.77. The summed E-state index contributed by atoms with van der Waals surface area (Å²) in [5.41, 5.74) is 0.0734. The standard InChI is InChI=1S/C21H30N2O5/c1-20(2,3)28-19(26)22-10-9-21(14-22)15-23(11-17(21)12-24)18(25)27-13-16-7-5-4-6-8-16/h4-8,17,24H,9-15H2,1-3H3. The monoisotopic (exact) mass is 390 g/mol. The number of aliphatic hydroxyl groups excluding tert-OH is 1. The number of aliphatic hydroxyl groups is 1. The van der Waals surface area contributed by atoms with Crippen molar-refractivity contribution in [2.75, 3.05) is 32.8 Å². The zero-order valence-electron chi connectivity index (χ0n) is 16.9. The smallest absolute Gasteiger partial charge is 0.410 e. The Bertz CT molecular complexity index is 702. The van der Waals surface area contributed by atoms with Gasteiger partial charge in [0.1, 0.15) is 12.2 Å². The van der Waals surface area contributed by atoms with Crippen LogP contribution in [0.4, 0.5) is 9.59 Å². The van der Waals surface area contributed by atoms with Crippen molar-refractivity contribution in [3.8, 4) is 0 Å². The molecule has 0 radical (unpaired) electrons. The first-order valence-electron chi connectivity index (χ1n) is 9.77. The van der Waals surface area contributed by atoms with Crippen LogP contribution in [0.5, 0.6) is 0 Å². The molecule has 2 aliphatic heterocycles. The fraction of sp³-hybridized carbons (Fsp3) is 0.619. The van der Waals surface area contributed by atoms with Gasteiger partial charge in [-0.05, 0) is 32.8 Å². The van der Waals surface area contributed by atoms with Crippen molar-refractivity contribution in [1.82, 2.24) is 9.80 Å². The summed E-state index contributed by atoms with van der Waals surface area (Å²) in [5, 5.41) is 9.90. The number of nitrogens with zero attached hydrogens (tertiary/aromatic N) is 2. The van der Waals surface area contributed by atoms with Gasteiger partial charge in [0.15, 0.2) is 0 Å². The summed E-state index contributed by atoms with van der Waals surface area (Å²) in [7, 11) is 0. The summed E-state index contributed by atoms with van der Waals surface area (Å²) in [6.45, 7) is 7.68. The summed E-state index contributed by atoms with van der Waals surface area (Å²) < 4.78 is 10.9. The molecule has 2 saturated heterocycles. The van der Waals surface area contributed by atoms with Crippen molar-refractivity contribution < 1.29 is 24.2 Å². The van der Waals surface area contributed by atoms with Crippen LogP contribution in [0.3, 0.4) is 0 Å². The average molecular weight is 390 g/mol. The molecule has 154 valence electrons. The minimum atomic E-state index is -0.549. The summed E-state index contributed by atoms with van der Waals surface area (Å²) in [6.07, 6.45) is 0.0148. The Labute approximate surface area is 166 Å². The number of rotatable bonds is 3. The van der Waals surface area contributed by atoms with Crippen molar-refractivity contribution in [2.24, 2.45) is 11.3 Å². The molecular formula is C21H30N2O5. The second-order valence-electron chi connectivity index (χ2n) is 8.81. The molecule has 1 aromatic rings. The lowest BCUT2D eigenvalue weighted by Gasteiger charge is -2.29. The van der Waals surface area contributed by atoms with Gasteiger partial charge in [-0.15, -0.1) is 0 Å². The highest BCUT2D eigenvalue weighted by atomic mass is 16.6. The number of likely N-dealkylation sites (tertiary alicyclic amines) is 2. The molecule has 0 saturated carbocycles. The highest BCUT2D eigenvalue weighted by Gasteiger charge is 2.53. The summed E-state index contributed by atoms with van der Waals surface area (Å²) in [5.74, 6) is -0.0794. The maximum absolute atomic E-state index is 12.5. The molecule has 28 heavy (non-hydrogen) atoms. The van der Waals surface area contributed by atoms with E-state index in [0.29, 0.717) is 26.2 Å². The minimum Gasteiger partial charge on any atom is -0.445 e. The van der Waals surface area contributed by atoms with Gasteiger partial charge in [0.05, 0.1) is 0 Å². The fourth-order valence-corrected chi connectivity index (χ4v) is 4.07. The predicted octanol–water partition coefficient (Wildman–Crippen LogP) is 2.87. The lowest BCUT2D eigenvalue weighted by molar-refractivity contribution is 0.0256. The second kappa shape index (κ2) is 7.99. The van der Waals surface area contributed by atoms with Crippen LogP contribution in [0, 0.1) is 11.3 Å². The van der Waals surface area contributed by atoms with Gasteiger partial charge in [-0.1, -0.05) is 30.3 Å². The van der Waals surface area contributed by atoms with Crippen LogP contribution in [0.15, 0.2) is 30.3 Å². The van der Waals surface area contributed by atoms with Crippen LogP contribution in [0.2, 0.25) is 0 Å². The first kappa shape index (κ1) is 20.5. The Morgan fingerprint density at radius 3 is 2.46 bits per heavy atom. The minimum absolute atomic E-state index is 0.0232. The number of carbonyl (C=O) groups is 2. The van der Waals surface area contributed by atoms with Crippen molar-refractivity contribution in [3.63, 3.8) is 0 Å². The van der Waals surface area contributed by atoms with E-state index >= 15 is 0 Å². The van der Waals surface area contributed by atoms with Gasteiger partial charge >= 0.3 is 12.2 Å². The van der Waals surface area contributed by atoms with Gasteiger partial charge in [0.2, 0.25) is 0 Å². The van der Waals surface area contributed by atoms with Gasteiger partial charge < -0.3 is 24.4 Å². The van der Waals surface area contributed by atoms with E-state index in [9.17, 15) is 14.7 Å². The molecule has 2 aliphatic rings. The van der Waals surface area contributed by atoms with Crippen molar-refractivity contribution >= 4 is 12.2 Å². The lowest BCUT2D eigenvalue weighted by Crippen LogP contribution is -2.40. The van der Waals surface area contributed by atoms with Crippen LogP contribution in [-0.2, 0) is 16.1 Å². The predicted molar refractivity (Wildman–Crippen MR) is 104 cm³/mol. The highest BCUT2D eigenvalue weighted by Crippen LogP contribution is 2.44. The van der Waals surface area contributed by atoms with E-state index in [1.807, 2.05) is 51.1 Å². The Morgan fingerprint density at radius 1 is 1.14 bits per heavy atom. The number of benzene rings is 1. The SMILES string of the molecule is CC(C)(C)OC(=O)N1CCC2(CN(C(=O)OCc3ccccc3)CC2CO)C1. The third-order valence-electron chi connectivity index (χ3n) is 5.53. The van der Waals surface area contributed by atoms with E-state index < -0.39 is 5.60 Å². The van der Waals surface area contributed by atoms with E-state index in [2.05, 4.69) is 0 Å². The number of carbonyl (C=O) groups excluding carboxylic acids is 2. The molecule has 2 heterocycles. The van der Waals surface area contributed by atoms with E-state index in [4.69, 9.17) is 9.47 Å². The normalized spacial score (nSPS) is 24.6. The fourth-order valence-electron chi connectivity index (χ4n) is 4.07. The van der Waals surface area contributed by atoms with Crippen molar-refractivity contribution in [1.29, 1.82) is 0 Å². The molecule has 2 atom stereocenters. The molecule has 0 bridgehead atoms. The molecule has 1 N–H and O–H groups in total. The first-order chi connectivity index (χ1) is 13.2. The Morgan fingerprint density at radius 2 is 1.82 bits per heavy atom. The Balaban J connectivity index is 1.60. The van der Waals surface area contributed by atoms with E-state index in [0.717, 1.165) is 12.0 Å². The lowest BCUT2D eigenvalue weighted by atomic mass is 9.78. The topological polar surface area (TPSA) is 79.3 Å². The van der Waals surface area contributed by atoms with Crippen LogP contribution in [-0.4, -0.2) is 65.5 Å². The van der Waals surface area contributed by atoms with Gasteiger partial charge in [0, 0.05) is 44.1 Å². The van der Waals surface area contributed by atoms with E-state index in [1.165, 1.54) is 0 Å². The third kappa shape index (κ3) is 4.58. The van der Waals surface area contributed by atoms with Gasteiger partial charge in [-0.3, -0.25) is 0 Å². The van der Waals surface area contributed by atoms with E-state index in [-0.39, 0.29) is 36.7 Å². The molecule has 2 unspecified atom stereocenters. The molecular weight excluding hydrogens is 360 g/mol. The quantitative estimate of drug-likeness (QED) is 0.859. The molecule has 0 aromatic heterocycles. The Hall–Kier alpha value is -2.28. The zero-order chi connectivity index (χ0) is 20.4. The molecule has 2 fully saturated rings. The van der Waals surface area contributed by atoms with E-state index in [1.54, 1.807) is 9.80 Å². The molecule has 3 rings (SSSR count). The molecule has 7 heteroatoms. The van der Waals surface area contributed by atoms with Crippen molar-refractivity contribution in [2.45, 2.75) is 39.4 Å². The van der Waals surface area contributed by atoms with Gasteiger partial charge in [-0.25, -0.2) is 9.59 Å². The summed E-state index contributed by atoms with van der Waals surface area (Å²) in [4.78, 5) is 28.3. The van der Waals surface area contributed by atoms with Crippen LogP contribution in [0.25, 0.3) is 0 Å². The molecule has 7 nitrogen and oxygen atoms in total. The highest BCUT2D eigenvalue weighted by molar-refractivity contribution is 5.70. The van der Waals surface area contributed by atoms with Crippen LogP contribution >= 0.6 is 0 Å². The maximum atomic E-state index is 12.5. The summed E-state index contributed by atoms with van der Waals surface area (Å²) in [6, 6.07) is 9.53. The molecule has 0 aliphatic carbocycles. The van der Waals surface area contributed by atoms with Crippen LogP contribution in [0.1, 0.15) is 32.8 Å². The molecule has 2 amide bonds. The second-order valence-corrected chi connectivity index (χ2v) is 8.81. The summed E-state index contributed by atoms with van der Waals surface area (Å²) >= 11 is 0. The number of hydrogen-bond donors (Lipinski definition) is 1. The number of hydrogen-bond acceptors (Lipinski definition) is 5. The molecule has 1 spiro atoms. The van der Waals surface area contributed by atoms with Crippen molar-refractivity contribution in [3.05, 3.63) is 35.9 Å². The largest absolute Gasteiger partial charge is 0.445 e. The van der Waals surface area contributed by atoms with Gasteiger partial charge in [0.25, 0.3) is 0 Å². The third-order valence-corrected chi connectivity index (χ3v) is 5.53. The maximum Gasteiger partial charge on any atom is 0.410 e. The van der Waals surface area contributed by atoms with Crippen LogP contribution < -0.4 is 0 Å². The zero-order valence-corrected chi connectivity index (χ0v) is 16.9. The van der Waals surface area contributed by atoms with Gasteiger partial charge in [-0.2, -0.15) is 0 Å². The Kier molecular flexibility index (Phi) is 5.84. The average Bonchev–Trinajstić information content (AvgIpc) is 3.24. The number of ether oxygens (including phenoxy) is 2. The number of amides is 2.